The second-order valence-electron chi connectivity index (χ2n) is 21.3. The zero-order valence-corrected chi connectivity index (χ0v) is 41.0. The minimum absolute atomic E-state index is 0.0171. The van der Waals surface area contributed by atoms with Crippen LogP contribution in [-0.4, -0.2) is 0 Å². The van der Waals surface area contributed by atoms with Gasteiger partial charge in [0.15, 0.2) is 0 Å². The van der Waals surface area contributed by atoms with Crippen molar-refractivity contribution < 1.29 is 0 Å². The topological polar surface area (TPSA) is 3.24 Å². The Morgan fingerprint density at radius 1 is 0.271 bits per heavy atom. The van der Waals surface area contributed by atoms with Crippen molar-refractivity contribution in [3.05, 3.63) is 270 Å². The van der Waals surface area contributed by atoms with Crippen LogP contribution in [0.2, 0.25) is 0 Å². The molecule has 0 aromatic heterocycles. The first-order valence-corrected chi connectivity index (χ1v) is 24.8. The largest absolute Gasteiger partial charge is 0.310 e. The minimum atomic E-state index is -0.487. The maximum atomic E-state index is 2.54. The molecule has 0 N–H and O–H groups in total. The van der Waals surface area contributed by atoms with Gasteiger partial charge < -0.3 is 4.90 Å². The fourth-order valence-corrected chi connectivity index (χ4v) is 11.6. The van der Waals surface area contributed by atoms with Crippen LogP contribution in [0.4, 0.5) is 17.1 Å². The Hall–Kier alpha value is -8.00. The quantitative estimate of drug-likeness (QED) is 0.154. The molecule has 2 aliphatic carbocycles. The summed E-state index contributed by atoms with van der Waals surface area (Å²) in [5, 5.41) is 0. The molecule has 0 atom stereocenters. The standard InChI is InChI=1S/C69H57N/c1-67(2,3)49-36-39-58-59-40-37-50(68(4,5)6)44-65(59)69(64(58)43-49)62-34-19-17-32-57(62)61-45-52(38-41-63(61)69)70(51-27-21-26-48(42-51)46-22-9-7-10-23-46)66-35-20-18-33-60(66)56-31-16-15-30-55(56)54-29-14-13-28-53(54)47-24-11-8-12-25-47/h7-45H,1-6H3. The molecule has 1 nitrogen and oxygen atoms in total. The van der Waals surface area contributed by atoms with Gasteiger partial charge in [0, 0.05) is 16.9 Å². The molecule has 0 unspecified atom stereocenters. The van der Waals surface area contributed by atoms with Crippen LogP contribution < -0.4 is 4.90 Å². The second kappa shape index (κ2) is 16.6. The lowest BCUT2D eigenvalue weighted by atomic mass is 9.69. The molecule has 0 fully saturated rings. The van der Waals surface area contributed by atoms with Crippen molar-refractivity contribution in [3.63, 3.8) is 0 Å². The Morgan fingerprint density at radius 3 is 1.33 bits per heavy atom. The molecule has 0 bridgehead atoms. The van der Waals surface area contributed by atoms with Crippen molar-refractivity contribution in [1.82, 2.24) is 0 Å². The fourth-order valence-electron chi connectivity index (χ4n) is 11.6. The van der Waals surface area contributed by atoms with Gasteiger partial charge in [-0.3, -0.25) is 0 Å². The third-order valence-corrected chi connectivity index (χ3v) is 15.0. The molecule has 12 rings (SSSR count). The first-order valence-electron chi connectivity index (χ1n) is 24.8. The van der Waals surface area contributed by atoms with E-state index >= 15 is 0 Å². The third kappa shape index (κ3) is 6.98. The number of nitrogens with zero attached hydrogens (tertiary/aromatic N) is 1. The van der Waals surface area contributed by atoms with Crippen LogP contribution in [0, 0.1) is 0 Å². The van der Waals surface area contributed by atoms with Crippen LogP contribution in [0.3, 0.4) is 0 Å². The van der Waals surface area contributed by atoms with E-state index in [0.29, 0.717) is 0 Å². The molecular weight excluding hydrogens is 843 g/mol. The molecule has 1 spiro atoms. The Morgan fingerprint density at radius 2 is 0.714 bits per heavy atom. The van der Waals surface area contributed by atoms with Crippen molar-refractivity contribution in [2.24, 2.45) is 0 Å². The predicted octanol–water partition coefficient (Wildman–Crippen LogP) is 18.8. The van der Waals surface area contributed by atoms with Crippen LogP contribution in [0.1, 0.15) is 74.9 Å². The lowest BCUT2D eigenvalue weighted by Crippen LogP contribution is -2.27. The van der Waals surface area contributed by atoms with Gasteiger partial charge in [-0.1, -0.05) is 248 Å². The van der Waals surface area contributed by atoms with Crippen molar-refractivity contribution in [3.8, 4) is 66.8 Å². The average molecular weight is 900 g/mol. The fraction of sp³-hybridized carbons (Fsp3) is 0.130. The lowest BCUT2D eigenvalue weighted by molar-refractivity contribution is 0.586. The van der Waals surface area contributed by atoms with Gasteiger partial charge in [-0.25, -0.2) is 0 Å². The number of anilines is 3. The maximum Gasteiger partial charge on any atom is 0.0725 e. The van der Waals surface area contributed by atoms with E-state index in [-0.39, 0.29) is 10.8 Å². The molecule has 1 heteroatoms. The summed E-state index contributed by atoms with van der Waals surface area (Å²) in [6.07, 6.45) is 0. The van der Waals surface area contributed by atoms with Crippen molar-refractivity contribution in [1.29, 1.82) is 0 Å². The summed E-state index contributed by atoms with van der Waals surface area (Å²) in [5.74, 6) is 0. The minimum Gasteiger partial charge on any atom is -0.310 e. The monoisotopic (exact) mass is 899 g/mol. The molecular formula is C69H57N. The van der Waals surface area contributed by atoms with Gasteiger partial charge in [-0.2, -0.15) is 0 Å². The normalized spacial score (nSPS) is 13.1. The van der Waals surface area contributed by atoms with E-state index in [4.69, 9.17) is 0 Å². The SMILES string of the molecule is CC(C)(C)c1ccc2c(c1)C1(c3ccccc3-c3cc(N(c4cccc(-c5ccccc5)c4)c4ccccc4-c4ccccc4-c4ccccc4-c4ccccc4)ccc31)c1cc(C(C)(C)C)ccc1-2. The van der Waals surface area contributed by atoms with Crippen molar-refractivity contribution >= 4 is 17.1 Å². The van der Waals surface area contributed by atoms with Crippen molar-refractivity contribution in [2.45, 2.75) is 57.8 Å². The Labute approximate surface area is 414 Å². The zero-order valence-electron chi connectivity index (χ0n) is 41.0. The van der Waals surface area contributed by atoms with Gasteiger partial charge in [-0.05, 0) is 136 Å². The van der Waals surface area contributed by atoms with Gasteiger partial charge in [0.05, 0.1) is 11.1 Å². The van der Waals surface area contributed by atoms with E-state index in [1.54, 1.807) is 0 Å². The number of fused-ring (bicyclic) bond motifs is 10. The first-order chi connectivity index (χ1) is 34.0. The van der Waals surface area contributed by atoms with E-state index in [1.165, 1.54) is 94.6 Å². The van der Waals surface area contributed by atoms with E-state index in [2.05, 4.69) is 283 Å². The van der Waals surface area contributed by atoms with Crippen LogP contribution in [0.25, 0.3) is 66.8 Å². The molecule has 10 aromatic rings. The van der Waals surface area contributed by atoms with Crippen LogP contribution in [0.5, 0.6) is 0 Å². The summed E-state index contributed by atoms with van der Waals surface area (Å²) in [6.45, 7) is 14.0. The summed E-state index contributed by atoms with van der Waals surface area (Å²) in [7, 11) is 0. The summed E-state index contributed by atoms with van der Waals surface area (Å²) < 4.78 is 0. The van der Waals surface area contributed by atoms with E-state index in [0.717, 1.165) is 22.6 Å². The van der Waals surface area contributed by atoms with Gasteiger partial charge in [-0.15, -0.1) is 0 Å². The molecule has 0 saturated carbocycles. The number of hydrogen-bond donors (Lipinski definition) is 0. The molecule has 0 amide bonds. The summed E-state index contributed by atoms with van der Waals surface area (Å²) in [4.78, 5) is 2.50. The average Bonchev–Trinajstić information content (AvgIpc) is 3.85. The van der Waals surface area contributed by atoms with Crippen molar-refractivity contribution in [2.75, 3.05) is 4.90 Å². The molecule has 0 heterocycles. The van der Waals surface area contributed by atoms with Gasteiger partial charge >= 0.3 is 0 Å². The van der Waals surface area contributed by atoms with Crippen LogP contribution in [0.15, 0.2) is 237 Å². The molecule has 0 aliphatic heterocycles. The molecule has 338 valence electrons. The van der Waals surface area contributed by atoms with Crippen LogP contribution >= 0.6 is 0 Å². The summed E-state index contributed by atoms with van der Waals surface area (Å²) >= 11 is 0. The van der Waals surface area contributed by atoms with Crippen LogP contribution in [-0.2, 0) is 16.2 Å². The van der Waals surface area contributed by atoms with E-state index < -0.39 is 5.41 Å². The highest BCUT2D eigenvalue weighted by Crippen LogP contribution is 2.64. The summed E-state index contributed by atoms with van der Waals surface area (Å²) in [6, 6.07) is 88.6. The highest BCUT2D eigenvalue weighted by Gasteiger charge is 2.52. The lowest BCUT2D eigenvalue weighted by Gasteiger charge is -2.33. The Balaban J connectivity index is 1.11. The van der Waals surface area contributed by atoms with Gasteiger partial charge in [0.25, 0.3) is 0 Å². The highest BCUT2D eigenvalue weighted by atomic mass is 15.1. The molecule has 10 aromatic carbocycles. The molecule has 2 aliphatic rings. The number of rotatable bonds is 7. The number of benzene rings is 10. The van der Waals surface area contributed by atoms with E-state index in [9.17, 15) is 0 Å². The Bertz CT molecular complexity index is 3550. The smallest absolute Gasteiger partial charge is 0.0725 e. The summed E-state index contributed by atoms with van der Waals surface area (Å²) in [5.41, 5.74) is 25.7. The molecule has 0 saturated heterocycles. The number of hydrogen-bond acceptors (Lipinski definition) is 1. The maximum absolute atomic E-state index is 2.54. The zero-order chi connectivity index (χ0) is 47.8. The van der Waals surface area contributed by atoms with E-state index in [1.807, 2.05) is 0 Å². The Kier molecular flexibility index (Phi) is 10.3. The highest BCUT2D eigenvalue weighted by molar-refractivity contribution is 6.00. The molecule has 0 radical (unpaired) electrons. The predicted molar refractivity (Wildman–Crippen MR) is 297 cm³/mol. The first kappa shape index (κ1) is 43.3. The third-order valence-electron chi connectivity index (χ3n) is 15.0. The van der Waals surface area contributed by atoms with Gasteiger partial charge in [0.2, 0.25) is 0 Å². The molecule has 70 heavy (non-hydrogen) atoms. The van der Waals surface area contributed by atoms with Gasteiger partial charge in [0.1, 0.15) is 0 Å². The number of para-hydroxylation sites is 1. The second-order valence-corrected chi connectivity index (χ2v) is 21.3.